The highest BCUT2D eigenvalue weighted by atomic mass is 127. The molecule has 1 aliphatic heterocycles. The predicted molar refractivity (Wildman–Crippen MR) is 109 cm³/mol. The van der Waals surface area contributed by atoms with Gasteiger partial charge in [0.25, 0.3) is 0 Å². The smallest absolute Gasteiger partial charge is 0.191 e. The van der Waals surface area contributed by atoms with Crippen LogP contribution in [0.3, 0.4) is 0 Å². The first kappa shape index (κ1) is 18.9. The zero-order valence-electron chi connectivity index (χ0n) is 15.0. The highest BCUT2D eigenvalue weighted by Gasteiger charge is 2.66. The Morgan fingerprint density at radius 3 is 3.00 bits per heavy atom. The molecule has 2 heterocycles. The topological polar surface area (TPSA) is 63.5 Å². The van der Waals surface area contributed by atoms with Crippen LogP contribution in [0.5, 0.6) is 0 Å². The summed E-state index contributed by atoms with van der Waals surface area (Å²) < 4.78 is 7.98. The van der Waals surface area contributed by atoms with Gasteiger partial charge in [-0.15, -0.1) is 24.0 Å². The van der Waals surface area contributed by atoms with Gasteiger partial charge in [-0.3, -0.25) is 9.67 Å². The lowest BCUT2D eigenvalue weighted by atomic mass is 9.46. The number of aromatic nitrogens is 2. The van der Waals surface area contributed by atoms with Crippen LogP contribution in [0.25, 0.3) is 0 Å². The zero-order chi connectivity index (χ0) is 16.4. The second-order valence-electron chi connectivity index (χ2n) is 7.34. The number of fused-ring (bicyclic) bond motifs is 2. The van der Waals surface area contributed by atoms with E-state index in [2.05, 4.69) is 22.7 Å². The molecule has 25 heavy (non-hydrogen) atoms. The Morgan fingerprint density at radius 1 is 1.44 bits per heavy atom. The molecule has 2 saturated carbocycles. The van der Waals surface area contributed by atoms with E-state index in [4.69, 9.17) is 9.73 Å². The summed E-state index contributed by atoms with van der Waals surface area (Å²) in [4.78, 5) is 4.79. The van der Waals surface area contributed by atoms with Gasteiger partial charge in [0.15, 0.2) is 5.96 Å². The van der Waals surface area contributed by atoms with Crippen molar-refractivity contribution in [1.82, 2.24) is 20.4 Å². The monoisotopic (exact) mass is 459 g/mol. The maximum atomic E-state index is 6.01. The van der Waals surface area contributed by atoms with Crippen LogP contribution >= 0.6 is 24.0 Å². The highest BCUT2D eigenvalue weighted by molar-refractivity contribution is 14.0. The minimum Gasteiger partial charge on any atom is -0.377 e. The van der Waals surface area contributed by atoms with Crippen molar-refractivity contribution in [1.29, 1.82) is 0 Å². The van der Waals surface area contributed by atoms with Gasteiger partial charge in [-0.1, -0.05) is 6.42 Å². The molecule has 3 aliphatic rings. The largest absolute Gasteiger partial charge is 0.377 e. The van der Waals surface area contributed by atoms with Crippen LogP contribution < -0.4 is 10.6 Å². The van der Waals surface area contributed by atoms with E-state index in [0.717, 1.165) is 38.6 Å². The number of aryl methyl sites for hydroxylation is 1. The van der Waals surface area contributed by atoms with E-state index in [1.165, 1.54) is 25.7 Å². The molecule has 4 rings (SSSR count). The molecular weight excluding hydrogens is 429 g/mol. The van der Waals surface area contributed by atoms with Crippen LogP contribution in [0.2, 0.25) is 0 Å². The zero-order valence-corrected chi connectivity index (χ0v) is 17.3. The highest BCUT2D eigenvalue weighted by Crippen LogP contribution is 2.62. The SMILES string of the molecule is CCNC(=NCCCn1cccn1)NC1C2CCOC2C12CCC2.I. The van der Waals surface area contributed by atoms with Gasteiger partial charge in [0.05, 0.1) is 6.10 Å². The van der Waals surface area contributed by atoms with Gasteiger partial charge in [0.2, 0.25) is 0 Å². The van der Waals surface area contributed by atoms with Crippen LogP contribution in [0.1, 0.15) is 39.0 Å². The van der Waals surface area contributed by atoms with E-state index in [1.807, 2.05) is 23.1 Å². The van der Waals surface area contributed by atoms with Crippen LogP contribution in [-0.2, 0) is 11.3 Å². The van der Waals surface area contributed by atoms with E-state index < -0.39 is 0 Å². The number of rotatable bonds is 6. The third-order valence-corrected chi connectivity index (χ3v) is 6.05. The van der Waals surface area contributed by atoms with Crippen molar-refractivity contribution in [2.75, 3.05) is 19.7 Å². The Kier molecular flexibility index (Phi) is 6.25. The number of hydrogen-bond acceptors (Lipinski definition) is 3. The molecule has 140 valence electrons. The van der Waals surface area contributed by atoms with E-state index in [0.29, 0.717) is 23.5 Å². The molecule has 0 amide bonds. The summed E-state index contributed by atoms with van der Waals surface area (Å²) in [6, 6.07) is 2.51. The molecule has 1 aromatic heterocycles. The molecule has 6 nitrogen and oxygen atoms in total. The standard InChI is InChI=1S/C18H29N5O.HI/c1-2-19-17(20-9-4-11-23-12-5-10-21-23)22-15-14-6-13-24-16(14)18(15)7-3-8-18;/h5,10,12,14-16H,2-4,6-9,11,13H2,1H3,(H2,19,20,22);1H. The normalized spacial score (nSPS) is 29.3. The molecule has 1 aromatic rings. The molecule has 3 fully saturated rings. The fourth-order valence-corrected chi connectivity index (χ4v) is 4.78. The lowest BCUT2D eigenvalue weighted by molar-refractivity contribution is -0.171. The molecule has 2 aliphatic carbocycles. The second-order valence-corrected chi connectivity index (χ2v) is 7.34. The predicted octanol–water partition coefficient (Wildman–Crippen LogP) is 2.40. The van der Waals surface area contributed by atoms with E-state index in [1.54, 1.807) is 0 Å². The second kappa shape index (κ2) is 8.24. The number of aliphatic imine (C=N–C) groups is 1. The van der Waals surface area contributed by atoms with Gasteiger partial charge in [-0.25, -0.2) is 0 Å². The Hall–Kier alpha value is -0.830. The van der Waals surface area contributed by atoms with Crippen molar-refractivity contribution in [2.45, 2.75) is 57.7 Å². The maximum Gasteiger partial charge on any atom is 0.191 e. The lowest BCUT2D eigenvalue weighted by Gasteiger charge is -2.63. The first-order valence-corrected chi connectivity index (χ1v) is 9.47. The van der Waals surface area contributed by atoms with Crippen LogP contribution in [0.15, 0.2) is 23.5 Å². The summed E-state index contributed by atoms with van der Waals surface area (Å²) in [6.07, 6.45) is 10.5. The summed E-state index contributed by atoms with van der Waals surface area (Å²) in [5.41, 5.74) is 0.395. The van der Waals surface area contributed by atoms with Crippen molar-refractivity contribution < 1.29 is 4.74 Å². The number of nitrogens with zero attached hydrogens (tertiary/aromatic N) is 3. The van der Waals surface area contributed by atoms with Crippen LogP contribution in [-0.4, -0.2) is 47.6 Å². The van der Waals surface area contributed by atoms with E-state index in [-0.39, 0.29) is 24.0 Å². The van der Waals surface area contributed by atoms with Crippen molar-refractivity contribution in [3.63, 3.8) is 0 Å². The van der Waals surface area contributed by atoms with Gasteiger partial charge in [0, 0.05) is 56.0 Å². The Morgan fingerprint density at radius 2 is 2.32 bits per heavy atom. The average Bonchev–Trinajstić information content (AvgIpc) is 3.18. The number of guanidine groups is 1. The summed E-state index contributed by atoms with van der Waals surface area (Å²) in [5.74, 6) is 1.65. The van der Waals surface area contributed by atoms with E-state index >= 15 is 0 Å². The number of ether oxygens (including phenoxy) is 1. The minimum absolute atomic E-state index is 0. The Bertz CT molecular complexity index is 572. The molecule has 1 spiro atoms. The average molecular weight is 459 g/mol. The molecule has 2 N–H and O–H groups in total. The van der Waals surface area contributed by atoms with Crippen LogP contribution in [0.4, 0.5) is 0 Å². The Labute approximate surface area is 167 Å². The number of hydrogen-bond donors (Lipinski definition) is 2. The number of nitrogens with one attached hydrogen (secondary N) is 2. The first-order chi connectivity index (χ1) is 11.8. The van der Waals surface area contributed by atoms with Gasteiger partial charge in [-0.2, -0.15) is 5.10 Å². The van der Waals surface area contributed by atoms with Crippen LogP contribution in [0, 0.1) is 11.3 Å². The molecule has 0 bridgehead atoms. The fraction of sp³-hybridized carbons (Fsp3) is 0.778. The first-order valence-electron chi connectivity index (χ1n) is 9.47. The van der Waals surface area contributed by atoms with Gasteiger partial charge < -0.3 is 15.4 Å². The molecule has 1 saturated heterocycles. The quantitative estimate of drug-likeness (QED) is 0.297. The van der Waals surface area contributed by atoms with Gasteiger partial charge in [0.1, 0.15) is 0 Å². The maximum absolute atomic E-state index is 6.01. The van der Waals surface area contributed by atoms with E-state index in [9.17, 15) is 0 Å². The summed E-state index contributed by atoms with van der Waals surface area (Å²) >= 11 is 0. The summed E-state index contributed by atoms with van der Waals surface area (Å²) in [5, 5.41) is 11.4. The van der Waals surface area contributed by atoms with Crippen molar-refractivity contribution in [2.24, 2.45) is 16.3 Å². The summed E-state index contributed by atoms with van der Waals surface area (Å²) in [6.45, 7) is 5.70. The Balaban J connectivity index is 0.00000182. The van der Waals surface area contributed by atoms with Gasteiger partial charge >= 0.3 is 0 Å². The fourth-order valence-electron chi connectivity index (χ4n) is 4.78. The molecule has 3 atom stereocenters. The molecule has 7 heteroatoms. The minimum atomic E-state index is 0. The third kappa shape index (κ3) is 3.54. The molecule has 3 unspecified atom stereocenters. The molecule has 0 radical (unpaired) electrons. The lowest BCUT2D eigenvalue weighted by Crippen LogP contribution is -2.72. The molecular formula is C18H30IN5O. The van der Waals surface area contributed by atoms with Gasteiger partial charge in [-0.05, 0) is 38.7 Å². The van der Waals surface area contributed by atoms with Crippen molar-refractivity contribution in [3.8, 4) is 0 Å². The summed E-state index contributed by atoms with van der Waals surface area (Å²) in [7, 11) is 0. The number of halogens is 1. The van der Waals surface area contributed by atoms with Crippen molar-refractivity contribution >= 4 is 29.9 Å². The van der Waals surface area contributed by atoms with Crippen molar-refractivity contribution in [3.05, 3.63) is 18.5 Å². The molecule has 0 aromatic carbocycles. The third-order valence-electron chi connectivity index (χ3n) is 6.05.